The molecular formula is C18H13NO3. The van der Waals surface area contributed by atoms with Gasteiger partial charge < -0.3 is 9.30 Å². The van der Waals surface area contributed by atoms with Gasteiger partial charge in [-0.3, -0.25) is 9.59 Å². The lowest BCUT2D eigenvalue weighted by molar-refractivity contribution is 0.104. The maximum atomic E-state index is 12.8. The van der Waals surface area contributed by atoms with Gasteiger partial charge in [-0.25, -0.2) is 0 Å². The van der Waals surface area contributed by atoms with E-state index in [1.165, 1.54) is 0 Å². The van der Waals surface area contributed by atoms with E-state index >= 15 is 0 Å². The Morgan fingerprint density at radius 2 is 1.68 bits per heavy atom. The Bertz CT molecular complexity index is 1010. The number of ketones is 1. The molecule has 0 N–H and O–H groups in total. The van der Waals surface area contributed by atoms with Crippen LogP contribution in [0.2, 0.25) is 0 Å². The first-order valence-electron chi connectivity index (χ1n) is 6.98. The standard InChI is InChI=1S/C18H13NO3/c1-19-16-12-5-3-4-6-13(12)17(20)15(16)11-8-7-10(22-2)9-14(11)18(19)21/h3-9H,1-2H3. The summed E-state index contributed by atoms with van der Waals surface area (Å²) < 4.78 is 6.75. The SMILES string of the molecule is COc1ccc2c3c(n(C)c(=O)c2c1)-c1ccccc1C3=O. The lowest BCUT2D eigenvalue weighted by Gasteiger charge is -2.11. The minimum absolute atomic E-state index is 0.0311. The molecule has 0 saturated heterocycles. The zero-order valence-corrected chi connectivity index (χ0v) is 12.2. The summed E-state index contributed by atoms with van der Waals surface area (Å²) in [5, 5.41) is 1.18. The summed E-state index contributed by atoms with van der Waals surface area (Å²) >= 11 is 0. The summed E-state index contributed by atoms with van der Waals surface area (Å²) in [5.41, 5.74) is 2.64. The fourth-order valence-corrected chi connectivity index (χ4v) is 3.19. The molecule has 0 bridgehead atoms. The Balaban J connectivity index is 2.22. The van der Waals surface area contributed by atoms with E-state index in [1.807, 2.05) is 18.2 Å². The molecule has 4 heteroatoms. The van der Waals surface area contributed by atoms with Gasteiger partial charge in [0.15, 0.2) is 5.78 Å². The Morgan fingerprint density at radius 3 is 2.41 bits per heavy atom. The van der Waals surface area contributed by atoms with Crippen LogP contribution in [0.3, 0.4) is 0 Å². The average Bonchev–Trinajstić information content (AvgIpc) is 2.86. The van der Waals surface area contributed by atoms with Crippen molar-refractivity contribution < 1.29 is 9.53 Å². The molecule has 0 aliphatic heterocycles. The fourth-order valence-electron chi connectivity index (χ4n) is 3.19. The molecule has 0 atom stereocenters. The number of aromatic nitrogens is 1. The number of fused-ring (bicyclic) bond motifs is 5. The topological polar surface area (TPSA) is 48.3 Å². The molecule has 0 amide bonds. The fraction of sp³-hybridized carbons (Fsp3) is 0.111. The van der Waals surface area contributed by atoms with Crippen molar-refractivity contribution in [2.24, 2.45) is 7.05 Å². The van der Waals surface area contributed by atoms with Gasteiger partial charge in [0, 0.05) is 23.6 Å². The molecule has 2 aromatic carbocycles. The number of carbonyl (C=O) groups is 1. The van der Waals surface area contributed by atoms with Crippen molar-refractivity contribution in [1.82, 2.24) is 4.57 Å². The second-order valence-electron chi connectivity index (χ2n) is 5.37. The van der Waals surface area contributed by atoms with Gasteiger partial charge in [-0.1, -0.05) is 24.3 Å². The molecule has 108 valence electrons. The second-order valence-corrected chi connectivity index (χ2v) is 5.37. The second kappa shape index (κ2) is 4.31. The first-order valence-corrected chi connectivity index (χ1v) is 6.98. The normalized spacial score (nSPS) is 12.4. The van der Waals surface area contributed by atoms with Gasteiger partial charge in [0.05, 0.1) is 23.8 Å². The quantitative estimate of drug-likeness (QED) is 0.542. The Kier molecular flexibility index (Phi) is 2.51. The highest BCUT2D eigenvalue weighted by atomic mass is 16.5. The van der Waals surface area contributed by atoms with Crippen molar-refractivity contribution in [3.8, 4) is 17.0 Å². The van der Waals surface area contributed by atoms with E-state index in [4.69, 9.17) is 4.74 Å². The summed E-state index contributed by atoms with van der Waals surface area (Å²) in [7, 11) is 3.26. The van der Waals surface area contributed by atoms with Crippen molar-refractivity contribution in [3.05, 3.63) is 63.9 Å². The number of benzene rings is 2. The third-order valence-corrected chi connectivity index (χ3v) is 4.26. The van der Waals surface area contributed by atoms with Gasteiger partial charge in [0.25, 0.3) is 5.56 Å². The third-order valence-electron chi connectivity index (χ3n) is 4.26. The van der Waals surface area contributed by atoms with Gasteiger partial charge in [-0.15, -0.1) is 0 Å². The van der Waals surface area contributed by atoms with Crippen molar-refractivity contribution in [2.45, 2.75) is 0 Å². The zero-order chi connectivity index (χ0) is 15.4. The van der Waals surface area contributed by atoms with Crippen LogP contribution in [0.15, 0.2) is 47.3 Å². The van der Waals surface area contributed by atoms with Crippen LogP contribution in [0.1, 0.15) is 15.9 Å². The van der Waals surface area contributed by atoms with E-state index in [0.717, 1.165) is 5.56 Å². The monoisotopic (exact) mass is 291 g/mol. The van der Waals surface area contributed by atoms with Crippen molar-refractivity contribution in [1.29, 1.82) is 0 Å². The summed E-state index contributed by atoms with van der Waals surface area (Å²) in [5.74, 6) is 0.573. The molecule has 0 radical (unpaired) electrons. The molecule has 1 aliphatic rings. The van der Waals surface area contributed by atoms with Crippen LogP contribution in [0.4, 0.5) is 0 Å². The molecule has 0 fully saturated rings. The van der Waals surface area contributed by atoms with Crippen LogP contribution < -0.4 is 10.3 Å². The number of ether oxygens (including phenoxy) is 1. The summed E-state index contributed by atoms with van der Waals surface area (Å²) in [6.07, 6.45) is 0. The zero-order valence-electron chi connectivity index (χ0n) is 12.2. The highest BCUT2D eigenvalue weighted by Gasteiger charge is 2.31. The Hall–Kier alpha value is -2.88. The van der Waals surface area contributed by atoms with Gasteiger partial charge in [-0.2, -0.15) is 0 Å². The van der Waals surface area contributed by atoms with Crippen molar-refractivity contribution in [2.75, 3.05) is 7.11 Å². The highest BCUT2D eigenvalue weighted by molar-refractivity contribution is 6.26. The number of rotatable bonds is 1. The molecule has 1 aromatic heterocycles. The minimum Gasteiger partial charge on any atom is -0.497 e. The number of nitrogens with zero attached hydrogens (tertiary/aromatic N) is 1. The molecule has 0 saturated carbocycles. The maximum absolute atomic E-state index is 12.8. The molecule has 0 unspecified atom stereocenters. The van der Waals surface area contributed by atoms with Crippen LogP contribution >= 0.6 is 0 Å². The number of carbonyl (C=O) groups excluding carboxylic acids is 1. The lowest BCUT2D eigenvalue weighted by Crippen LogP contribution is -2.20. The van der Waals surface area contributed by atoms with Crippen LogP contribution in [-0.2, 0) is 7.05 Å². The average molecular weight is 291 g/mol. The molecule has 1 heterocycles. The molecule has 1 aliphatic carbocycles. The van der Waals surface area contributed by atoms with Crippen LogP contribution in [0.25, 0.3) is 22.0 Å². The number of hydrogen-bond acceptors (Lipinski definition) is 3. The van der Waals surface area contributed by atoms with E-state index in [9.17, 15) is 9.59 Å². The van der Waals surface area contributed by atoms with Gasteiger partial charge >= 0.3 is 0 Å². The van der Waals surface area contributed by atoms with Gasteiger partial charge in [0.2, 0.25) is 0 Å². The smallest absolute Gasteiger partial charge is 0.258 e. The third kappa shape index (κ3) is 1.46. The molecule has 4 rings (SSSR count). The van der Waals surface area contributed by atoms with Gasteiger partial charge in [0.1, 0.15) is 5.75 Å². The van der Waals surface area contributed by atoms with Gasteiger partial charge in [-0.05, 0) is 18.2 Å². The van der Waals surface area contributed by atoms with E-state index in [2.05, 4.69) is 0 Å². The number of pyridine rings is 1. The van der Waals surface area contributed by atoms with E-state index in [-0.39, 0.29) is 11.3 Å². The summed E-state index contributed by atoms with van der Waals surface area (Å²) in [4.78, 5) is 25.4. The minimum atomic E-state index is -0.128. The van der Waals surface area contributed by atoms with Crippen LogP contribution in [-0.4, -0.2) is 17.5 Å². The van der Waals surface area contributed by atoms with Crippen LogP contribution in [0, 0.1) is 0 Å². The first-order chi connectivity index (χ1) is 10.6. The maximum Gasteiger partial charge on any atom is 0.258 e. The number of hydrogen-bond donors (Lipinski definition) is 0. The van der Waals surface area contributed by atoms with Crippen molar-refractivity contribution in [3.63, 3.8) is 0 Å². The molecule has 3 aromatic rings. The van der Waals surface area contributed by atoms with E-state index in [1.54, 1.807) is 43.0 Å². The van der Waals surface area contributed by atoms with E-state index in [0.29, 0.717) is 33.3 Å². The predicted molar refractivity (Wildman–Crippen MR) is 84.6 cm³/mol. The van der Waals surface area contributed by atoms with Crippen molar-refractivity contribution >= 4 is 16.6 Å². The number of methoxy groups -OCH3 is 1. The van der Waals surface area contributed by atoms with Crippen LogP contribution in [0.5, 0.6) is 5.75 Å². The molecule has 4 nitrogen and oxygen atoms in total. The summed E-state index contributed by atoms with van der Waals surface area (Å²) in [6, 6.07) is 12.7. The highest BCUT2D eigenvalue weighted by Crippen LogP contribution is 2.39. The predicted octanol–water partition coefficient (Wildman–Crippen LogP) is 2.76. The van der Waals surface area contributed by atoms with E-state index < -0.39 is 0 Å². The Morgan fingerprint density at radius 1 is 0.955 bits per heavy atom. The summed E-state index contributed by atoms with van der Waals surface area (Å²) in [6.45, 7) is 0. The molecule has 0 spiro atoms. The largest absolute Gasteiger partial charge is 0.497 e. The molecular weight excluding hydrogens is 278 g/mol. The molecule has 22 heavy (non-hydrogen) atoms. The lowest BCUT2D eigenvalue weighted by atomic mass is 10.0. The Labute approximate surface area is 126 Å². The first kappa shape index (κ1) is 12.8.